The van der Waals surface area contributed by atoms with Crippen molar-refractivity contribution in [3.63, 3.8) is 0 Å². The number of nitrogens with one attached hydrogen (secondary N) is 1. The third-order valence-corrected chi connectivity index (χ3v) is 3.94. The number of carboxylic acids is 1. The van der Waals surface area contributed by atoms with Crippen LogP contribution in [0.15, 0.2) is 24.3 Å². The number of benzene rings is 1. The van der Waals surface area contributed by atoms with Crippen LogP contribution in [0.2, 0.25) is 0 Å². The minimum absolute atomic E-state index is 0.592. The predicted octanol–water partition coefficient (Wildman–Crippen LogP) is 2.11. The number of hydrogen-bond donors (Lipinski definition) is 2. The number of rotatable bonds is 5. The van der Waals surface area contributed by atoms with Crippen LogP contribution in [0.25, 0.3) is 10.9 Å². The molecule has 2 aromatic rings. The fourth-order valence-electron chi connectivity index (χ4n) is 2.71. The Morgan fingerprint density at radius 3 is 2.77 bits per heavy atom. The third kappa shape index (κ3) is 3.17. The lowest BCUT2D eigenvalue weighted by Gasteiger charge is -2.16. The zero-order valence-electron chi connectivity index (χ0n) is 12.6. The standard InChI is InChI=1S/C16H20N4O2/c1-11(16(21)22)17-15-12-6-2-3-7-13(12)18-14(19-15)10-20-8-4-5-9-20/h2-3,6-7,11H,4-5,8-10H2,1H3,(H,21,22)(H,17,18,19). The van der Waals surface area contributed by atoms with Crippen molar-refractivity contribution in [2.75, 3.05) is 18.4 Å². The van der Waals surface area contributed by atoms with Crippen LogP contribution >= 0.6 is 0 Å². The normalized spacial score (nSPS) is 16.8. The number of fused-ring (bicyclic) bond motifs is 1. The molecule has 6 heteroatoms. The first-order valence-electron chi connectivity index (χ1n) is 7.61. The summed E-state index contributed by atoms with van der Waals surface area (Å²) in [5.41, 5.74) is 0.840. The Kier molecular flexibility index (Phi) is 4.20. The predicted molar refractivity (Wildman–Crippen MR) is 84.8 cm³/mol. The second kappa shape index (κ2) is 6.27. The average Bonchev–Trinajstić information content (AvgIpc) is 3.00. The first-order chi connectivity index (χ1) is 10.6. The number of aliphatic carboxylic acids is 1. The number of carbonyl (C=O) groups is 1. The molecule has 1 aliphatic heterocycles. The molecule has 22 heavy (non-hydrogen) atoms. The molecule has 1 aromatic heterocycles. The number of nitrogens with zero attached hydrogens (tertiary/aromatic N) is 3. The Hall–Kier alpha value is -2.21. The molecule has 0 aliphatic carbocycles. The van der Waals surface area contributed by atoms with Crippen LogP contribution in [0.4, 0.5) is 5.82 Å². The molecule has 2 heterocycles. The first kappa shape index (κ1) is 14.7. The lowest BCUT2D eigenvalue weighted by molar-refractivity contribution is -0.137. The van der Waals surface area contributed by atoms with Crippen molar-refractivity contribution in [1.82, 2.24) is 14.9 Å². The number of para-hydroxylation sites is 1. The molecule has 1 saturated heterocycles. The highest BCUT2D eigenvalue weighted by Crippen LogP contribution is 2.22. The molecule has 0 amide bonds. The molecule has 1 atom stereocenters. The minimum Gasteiger partial charge on any atom is -0.480 e. The Labute approximate surface area is 129 Å². The summed E-state index contributed by atoms with van der Waals surface area (Å²) in [6.07, 6.45) is 2.43. The van der Waals surface area contributed by atoms with Crippen molar-refractivity contribution in [1.29, 1.82) is 0 Å². The summed E-state index contributed by atoms with van der Waals surface area (Å²) in [4.78, 5) is 22.6. The van der Waals surface area contributed by atoms with Gasteiger partial charge in [-0.1, -0.05) is 12.1 Å². The second-order valence-electron chi connectivity index (χ2n) is 5.69. The van der Waals surface area contributed by atoms with Gasteiger partial charge in [-0.3, -0.25) is 9.69 Å². The van der Waals surface area contributed by atoms with Crippen LogP contribution in [0.5, 0.6) is 0 Å². The molecular weight excluding hydrogens is 280 g/mol. The van der Waals surface area contributed by atoms with Gasteiger partial charge in [-0.05, 0) is 45.0 Å². The van der Waals surface area contributed by atoms with E-state index in [4.69, 9.17) is 5.11 Å². The number of hydrogen-bond acceptors (Lipinski definition) is 5. The van der Waals surface area contributed by atoms with E-state index in [1.54, 1.807) is 6.92 Å². The number of aromatic nitrogens is 2. The topological polar surface area (TPSA) is 78.4 Å². The molecule has 1 unspecified atom stereocenters. The lowest BCUT2D eigenvalue weighted by atomic mass is 10.2. The Morgan fingerprint density at radius 1 is 1.32 bits per heavy atom. The van der Waals surface area contributed by atoms with Gasteiger partial charge in [0.1, 0.15) is 17.7 Å². The van der Waals surface area contributed by atoms with Crippen molar-refractivity contribution in [3.8, 4) is 0 Å². The quantitative estimate of drug-likeness (QED) is 0.880. The summed E-state index contributed by atoms with van der Waals surface area (Å²) >= 11 is 0. The van der Waals surface area contributed by atoms with Gasteiger partial charge in [-0.15, -0.1) is 0 Å². The monoisotopic (exact) mass is 300 g/mol. The Morgan fingerprint density at radius 2 is 2.05 bits per heavy atom. The van der Waals surface area contributed by atoms with Gasteiger partial charge in [0.15, 0.2) is 0 Å². The average molecular weight is 300 g/mol. The van der Waals surface area contributed by atoms with E-state index >= 15 is 0 Å². The van der Waals surface area contributed by atoms with E-state index in [0.717, 1.165) is 29.8 Å². The molecule has 0 saturated carbocycles. The molecule has 1 aromatic carbocycles. The fraction of sp³-hybridized carbons (Fsp3) is 0.438. The smallest absolute Gasteiger partial charge is 0.325 e. The highest BCUT2D eigenvalue weighted by molar-refractivity contribution is 5.90. The van der Waals surface area contributed by atoms with Crippen LogP contribution in [-0.2, 0) is 11.3 Å². The van der Waals surface area contributed by atoms with Crippen molar-refractivity contribution in [2.45, 2.75) is 32.4 Å². The van der Waals surface area contributed by atoms with Gasteiger partial charge in [-0.25, -0.2) is 9.97 Å². The molecule has 1 aliphatic rings. The number of anilines is 1. The maximum absolute atomic E-state index is 11.1. The summed E-state index contributed by atoms with van der Waals surface area (Å²) < 4.78 is 0. The molecule has 0 bridgehead atoms. The summed E-state index contributed by atoms with van der Waals surface area (Å²) in [7, 11) is 0. The number of carboxylic acid groups (broad SMARTS) is 1. The highest BCUT2D eigenvalue weighted by Gasteiger charge is 2.17. The van der Waals surface area contributed by atoms with Gasteiger partial charge >= 0.3 is 5.97 Å². The summed E-state index contributed by atoms with van der Waals surface area (Å²) in [6.45, 7) is 4.47. The summed E-state index contributed by atoms with van der Waals surface area (Å²) in [5, 5.41) is 12.9. The SMILES string of the molecule is CC(Nc1nc(CN2CCCC2)nc2ccccc12)C(=O)O. The van der Waals surface area contributed by atoms with Gasteiger partial charge in [0.05, 0.1) is 12.1 Å². The second-order valence-corrected chi connectivity index (χ2v) is 5.69. The van der Waals surface area contributed by atoms with E-state index < -0.39 is 12.0 Å². The van der Waals surface area contributed by atoms with Crippen molar-refractivity contribution in [2.24, 2.45) is 0 Å². The maximum atomic E-state index is 11.1. The lowest BCUT2D eigenvalue weighted by Crippen LogP contribution is -2.27. The Balaban J connectivity index is 1.94. The van der Waals surface area contributed by atoms with Gasteiger partial charge in [0.25, 0.3) is 0 Å². The first-order valence-corrected chi connectivity index (χ1v) is 7.61. The molecular formula is C16H20N4O2. The van der Waals surface area contributed by atoms with Crippen LogP contribution in [0.3, 0.4) is 0 Å². The zero-order chi connectivity index (χ0) is 15.5. The van der Waals surface area contributed by atoms with E-state index in [1.165, 1.54) is 12.8 Å². The van der Waals surface area contributed by atoms with Crippen LogP contribution in [-0.4, -0.2) is 45.1 Å². The van der Waals surface area contributed by atoms with Gasteiger partial charge < -0.3 is 10.4 Å². The molecule has 2 N–H and O–H groups in total. The van der Waals surface area contributed by atoms with E-state index in [2.05, 4.69) is 20.2 Å². The van der Waals surface area contributed by atoms with Crippen LogP contribution < -0.4 is 5.32 Å². The molecule has 0 radical (unpaired) electrons. The van der Waals surface area contributed by atoms with E-state index in [1.807, 2.05) is 24.3 Å². The molecule has 1 fully saturated rings. The van der Waals surface area contributed by atoms with Gasteiger partial charge in [-0.2, -0.15) is 0 Å². The zero-order valence-corrected chi connectivity index (χ0v) is 12.6. The fourth-order valence-corrected chi connectivity index (χ4v) is 2.71. The highest BCUT2D eigenvalue weighted by atomic mass is 16.4. The van der Waals surface area contributed by atoms with Gasteiger partial charge in [0, 0.05) is 5.39 Å². The molecule has 116 valence electrons. The van der Waals surface area contributed by atoms with Gasteiger partial charge in [0.2, 0.25) is 0 Å². The van der Waals surface area contributed by atoms with Crippen molar-refractivity contribution >= 4 is 22.7 Å². The van der Waals surface area contributed by atoms with E-state index in [-0.39, 0.29) is 0 Å². The van der Waals surface area contributed by atoms with Crippen molar-refractivity contribution in [3.05, 3.63) is 30.1 Å². The molecule has 6 nitrogen and oxygen atoms in total. The van der Waals surface area contributed by atoms with Crippen LogP contribution in [0, 0.1) is 0 Å². The molecule has 3 rings (SSSR count). The number of likely N-dealkylation sites (tertiary alicyclic amines) is 1. The summed E-state index contributed by atoms with van der Waals surface area (Å²) in [5.74, 6) is 0.430. The third-order valence-electron chi connectivity index (χ3n) is 3.94. The maximum Gasteiger partial charge on any atom is 0.325 e. The summed E-state index contributed by atoms with van der Waals surface area (Å²) in [6, 6.07) is 6.98. The van der Waals surface area contributed by atoms with E-state index in [0.29, 0.717) is 12.4 Å². The molecule has 0 spiro atoms. The minimum atomic E-state index is -0.899. The van der Waals surface area contributed by atoms with Crippen molar-refractivity contribution < 1.29 is 9.90 Å². The Bertz CT molecular complexity index is 683. The van der Waals surface area contributed by atoms with Crippen LogP contribution in [0.1, 0.15) is 25.6 Å². The largest absolute Gasteiger partial charge is 0.480 e. The van der Waals surface area contributed by atoms with E-state index in [9.17, 15) is 4.79 Å².